The predicted octanol–water partition coefficient (Wildman–Crippen LogP) is 1.81. The summed E-state index contributed by atoms with van der Waals surface area (Å²) in [6.07, 6.45) is 3.56. The minimum Gasteiger partial charge on any atom is -0.378 e. The molecule has 1 amide bonds. The van der Waals surface area contributed by atoms with Gasteiger partial charge in [-0.1, -0.05) is 0 Å². The predicted molar refractivity (Wildman–Crippen MR) is 103 cm³/mol. The molecule has 1 aromatic heterocycles. The fourth-order valence-electron chi connectivity index (χ4n) is 2.82. The van der Waals surface area contributed by atoms with Crippen LogP contribution in [0.3, 0.4) is 0 Å². The standard InChI is InChI=1S/C18H22N4O3S/c1-22(2)17-5-3-14(4-6-17)20-16-9-13(10-19-11-16)18(23)21-15-7-8-26(24,25)12-15/h3-6,9-11,15,20H,7-8,12H2,1-2H3,(H,21,23). The molecule has 7 nitrogen and oxygen atoms in total. The summed E-state index contributed by atoms with van der Waals surface area (Å²) < 4.78 is 23.0. The average molecular weight is 374 g/mol. The van der Waals surface area contributed by atoms with E-state index in [1.165, 1.54) is 6.20 Å². The van der Waals surface area contributed by atoms with Crippen molar-refractivity contribution in [3.05, 3.63) is 48.3 Å². The normalized spacial score (nSPS) is 18.3. The highest BCUT2D eigenvalue weighted by Crippen LogP contribution is 2.20. The first-order chi connectivity index (χ1) is 12.3. The Kier molecular flexibility index (Phi) is 5.13. The van der Waals surface area contributed by atoms with E-state index in [1.807, 2.05) is 43.3 Å². The van der Waals surface area contributed by atoms with Crippen LogP contribution in [0.15, 0.2) is 42.7 Å². The third kappa shape index (κ3) is 4.51. The number of hydrogen-bond donors (Lipinski definition) is 2. The fraction of sp³-hybridized carbons (Fsp3) is 0.333. The van der Waals surface area contributed by atoms with Gasteiger partial charge in [-0.3, -0.25) is 9.78 Å². The van der Waals surface area contributed by atoms with E-state index >= 15 is 0 Å². The molecule has 2 N–H and O–H groups in total. The largest absolute Gasteiger partial charge is 0.378 e. The van der Waals surface area contributed by atoms with Gasteiger partial charge in [0.05, 0.1) is 29.0 Å². The van der Waals surface area contributed by atoms with Gasteiger partial charge in [-0.15, -0.1) is 0 Å². The number of carbonyl (C=O) groups excluding carboxylic acids is 1. The average Bonchev–Trinajstić information content (AvgIpc) is 2.94. The summed E-state index contributed by atoms with van der Waals surface area (Å²) in [5.74, 6) is -0.186. The molecule has 0 spiro atoms. The van der Waals surface area contributed by atoms with Gasteiger partial charge in [-0.05, 0) is 36.8 Å². The van der Waals surface area contributed by atoms with Crippen LogP contribution < -0.4 is 15.5 Å². The Bertz CT molecular complexity index is 895. The molecule has 2 aromatic rings. The summed E-state index contributed by atoms with van der Waals surface area (Å²) in [7, 11) is 0.924. The molecular weight excluding hydrogens is 352 g/mol. The number of rotatable bonds is 5. The molecule has 2 heterocycles. The molecule has 1 atom stereocenters. The quantitative estimate of drug-likeness (QED) is 0.829. The zero-order valence-corrected chi connectivity index (χ0v) is 15.6. The Balaban J connectivity index is 1.67. The summed E-state index contributed by atoms with van der Waals surface area (Å²) in [4.78, 5) is 18.5. The van der Waals surface area contributed by atoms with Gasteiger partial charge in [-0.25, -0.2) is 8.42 Å². The lowest BCUT2D eigenvalue weighted by Crippen LogP contribution is -2.35. The van der Waals surface area contributed by atoms with Gasteiger partial charge in [-0.2, -0.15) is 0 Å². The zero-order chi connectivity index (χ0) is 18.7. The fourth-order valence-corrected chi connectivity index (χ4v) is 4.49. The van der Waals surface area contributed by atoms with E-state index in [0.717, 1.165) is 11.4 Å². The third-order valence-corrected chi connectivity index (χ3v) is 6.01. The number of benzene rings is 1. The lowest BCUT2D eigenvalue weighted by Gasteiger charge is -2.14. The molecule has 3 rings (SSSR count). The van der Waals surface area contributed by atoms with Gasteiger partial charge in [0.2, 0.25) is 0 Å². The van der Waals surface area contributed by atoms with Crippen molar-refractivity contribution in [1.82, 2.24) is 10.3 Å². The van der Waals surface area contributed by atoms with Gasteiger partial charge in [0.1, 0.15) is 0 Å². The van der Waals surface area contributed by atoms with Crippen molar-refractivity contribution in [2.45, 2.75) is 12.5 Å². The molecule has 0 radical (unpaired) electrons. The number of nitrogens with one attached hydrogen (secondary N) is 2. The molecule has 1 aliphatic rings. The summed E-state index contributed by atoms with van der Waals surface area (Å²) in [6, 6.07) is 9.25. The van der Waals surface area contributed by atoms with Crippen molar-refractivity contribution in [1.29, 1.82) is 0 Å². The topological polar surface area (TPSA) is 91.4 Å². The van der Waals surface area contributed by atoms with Crippen molar-refractivity contribution in [3.8, 4) is 0 Å². The first-order valence-corrected chi connectivity index (χ1v) is 10.2. The molecular formula is C18H22N4O3S. The number of pyridine rings is 1. The molecule has 0 bridgehead atoms. The lowest BCUT2D eigenvalue weighted by molar-refractivity contribution is 0.0941. The van der Waals surface area contributed by atoms with Crippen LogP contribution in [-0.2, 0) is 9.84 Å². The zero-order valence-electron chi connectivity index (χ0n) is 14.8. The number of anilines is 3. The summed E-state index contributed by atoms with van der Waals surface area (Å²) >= 11 is 0. The van der Waals surface area contributed by atoms with Crippen LogP contribution >= 0.6 is 0 Å². The SMILES string of the molecule is CN(C)c1ccc(Nc2cncc(C(=O)NC3CCS(=O)(=O)C3)c2)cc1. The second kappa shape index (κ2) is 7.33. The molecule has 0 saturated carbocycles. The molecule has 1 aromatic carbocycles. The van der Waals surface area contributed by atoms with E-state index < -0.39 is 9.84 Å². The number of hydrogen-bond acceptors (Lipinski definition) is 6. The van der Waals surface area contributed by atoms with Crippen LogP contribution in [0, 0.1) is 0 Å². The summed E-state index contributed by atoms with van der Waals surface area (Å²) in [5.41, 5.74) is 3.06. The maximum atomic E-state index is 12.4. The van der Waals surface area contributed by atoms with Crippen LogP contribution in [-0.4, -0.2) is 51.0 Å². The van der Waals surface area contributed by atoms with Crippen LogP contribution in [0.2, 0.25) is 0 Å². The van der Waals surface area contributed by atoms with Crippen LogP contribution in [0.1, 0.15) is 16.8 Å². The molecule has 26 heavy (non-hydrogen) atoms. The van der Waals surface area contributed by atoms with Crippen LogP contribution in [0.4, 0.5) is 17.1 Å². The molecule has 1 saturated heterocycles. The monoisotopic (exact) mass is 374 g/mol. The van der Waals surface area contributed by atoms with Crippen molar-refractivity contribution < 1.29 is 13.2 Å². The highest BCUT2D eigenvalue weighted by Gasteiger charge is 2.29. The minimum atomic E-state index is -3.03. The molecule has 8 heteroatoms. The van der Waals surface area contributed by atoms with E-state index in [2.05, 4.69) is 15.6 Å². The lowest BCUT2D eigenvalue weighted by atomic mass is 10.2. The Hall–Kier alpha value is -2.61. The Morgan fingerprint density at radius 3 is 2.50 bits per heavy atom. The van der Waals surface area contributed by atoms with Crippen molar-refractivity contribution in [2.24, 2.45) is 0 Å². The Morgan fingerprint density at radius 2 is 1.88 bits per heavy atom. The molecule has 0 aliphatic carbocycles. The maximum Gasteiger partial charge on any atom is 0.253 e. The van der Waals surface area contributed by atoms with Gasteiger partial charge in [0.15, 0.2) is 9.84 Å². The van der Waals surface area contributed by atoms with Gasteiger partial charge in [0.25, 0.3) is 5.91 Å². The van der Waals surface area contributed by atoms with E-state index in [1.54, 1.807) is 12.3 Å². The number of nitrogens with zero attached hydrogens (tertiary/aromatic N) is 2. The van der Waals surface area contributed by atoms with E-state index in [4.69, 9.17) is 0 Å². The second-order valence-electron chi connectivity index (χ2n) is 6.60. The number of aromatic nitrogens is 1. The first-order valence-electron chi connectivity index (χ1n) is 8.33. The number of carbonyl (C=O) groups is 1. The van der Waals surface area contributed by atoms with Gasteiger partial charge < -0.3 is 15.5 Å². The molecule has 1 unspecified atom stereocenters. The second-order valence-corrected chi connectivity index (χ2v) is 8.83. The molecule has 1 fully saturated rings. The number of amides is 1. The maximum absolute atomic E-state index is 12.4. The van der Waals surface area contributed by atoms with E-state index in [-0.39, 0.29) is 23.5 Å². The number of sulfone groups is 1. The minimum absolute atomic E-state index is 0.00231. The van der Waals surface area contributed by atoms with E-state index in [0.29, 0.717) is 17.7 Å². The Morgan fingerprint density at radius 1 is 1.15 bits per heavy atom. The van der Waals surface area contributed by atoms with Gasteiger partial charge in [0, 0.05) is 37.7 Å². The molecule has 1 aliphatic heterocycles. The van der Waals surface area contributed by atoms with Crippen LogP contribution in [0.25, 0.3) is 0 Å². The highest BCUT2D eigenvalue weighted by molar-refractivity contribution is 7.91. The van der Waals surface area contributed by atoms with Crippen LogP contribution in [0.5, 0.6) is 0 Å². The van der Waals surface area contributed by atoms with Crippen molar-refractivity contribution in [2.75, 3.05) is 35.8 Å². The van der Waals surface area contributed by atoms with Gasteiger partial charge >= 0.3 is 0 Å². The van der Waals surface area contributed by atoms with Crippen molar-refractivity contribution >= 4 is 32.8 Å². The first kappa shape index (κ1) is 18.2. The Labute approximate surface area is 153 Å². The summed E-state index contributed by atoms with van der Waals surface area (Å²) in [6.45, 7) is 0. The smallest absolute Gasteiger partial charge is 0.253 e. The van der Waals surface area contributed by atoms with E-state index in [9.17, 15) is 13.2 Å². The third-order valence-electron chi connectivity index (χ3n) is 4.24. The summed E-state index contributed by atoms with van der Waals surface area (Å²) in [5, 5.41) is 5.99. The van der Waals surface area contributed by atoms with Crippen molar-refractivity contribution in [3.63, 3.8) is 0 Å². The molecule has 138 valence electrons. The highest BCUT2D eigenvalue weighted by atomic mass is 32.2.